The maximum Gasteiger partial charge on any atom is 0.333 e. The number of hydrogen-bond donors (Lipinski definition) is 1. The number of carbonyl (C=O) groups excluding carboxylic acids is 1. The largest absolute Gasteiger partial charge is 0.467 e. The van der Waals surface area contributed by atoms with Crippen molar-refractivity contribution < 1.29 is 9.53 Å². The SMILES string of the molecule is CCNc1cc2c(C(C)C)nn(C3(C(=O)OC)CC3)c(=O)c2s1. The van der Waals surface area contributed by atoms with Crippen LogP contribution in [0, 0.1) is 0 Å². The predicted octanol–water partition coefficient (Wildman–Crippen LogP) is 2.68. The third-order valence-corrected chi connectivity index (χ3v) is 5.28. The van der Waals surface area contributed by atoms with E-state index >= 15 is 0 Å². The molecule has 3 rings (SSSR count). The Morgan fingerprint density at radius 2 is 2.22 bits per heavy atom. The molecule has 0 aliphatic heterocycles. The second kappa shape index (κ2) is 5.63. The number of rotatable bonds is 5. The topological polar surface area (TPSA) is 73.2 Å². The summed E-state index contributed by atoms with van der Waals surface area (Å²) in [5, 5.41) is 9.63. The number of nitrogens with one attached hydrogen (secondary N) is 1. The van der Waals surface area contributed by atoms with Gasteiger partial charge in [-0.3, -0.25) is 4.79 Å². The van der Waals surface area contributed by atoms with Crippen molar-refractivity contribution in [2.24, 2.45) is 0 Å². The molecule has 2 aromatic heterocycles. The molecule has 23 heavy (non-hydrogen) atoms. The van der Waals surface area contributed by atoms with Gasteiger partial charge in [0.05, 0.1) is 17.8 Å². The Morgan fingerprint density at radius 1 is 1.52 bits per heavy atom. The number of anilines is 1. The van der Waals surface area contributed by atoms with Crippen molar-refractivity contribution in [1.29, 1.82) is 0 Å². The third kappa shape index (κ3) is 2.43. The standard InChI is InChI=1S/C16H21N3O3S/c1-5-17-11-8-10-12(9(2)3)18-19(14(20)13(10)23-11)16(6-7-16)15(21)22-4/h8-9,17H,5-7H2,1-4H3. The normalized spacial score (nSPS) is 15.9. The summed E-state index contributed by atoms with van der Waals surface area (Å²) in [6.45, 7) is 6.88. The van der Waals surface area contributed by atoms with Gasteiger partial charge in [-0.1, -0.05) is 13.8 Å². The van der Waals surface area contributed by atoms with E-state index in [2.05, 4.69) is 10.4 Å². The van der Waals surface area contributed by atoms with Gasteiger partial charge in [0, 0.05) is 11.9 Å². The lowest BCUT2D eigenvalue weighted by Gasteiger charge is -2.17. The first-order chi connectivity index (χ1) is 10.9. The highest BCUT2D eigenvalue weighted by atomic mass is 32.1. The molecule has 2 heterocycles. The molecular weight excluding hydrogens is 314 g/mol. The summed E-state index contributed by atoms with van der Waals surface area (Å²) in [6, 6.07) is 1.98. The minimum atomic E-state index is -0.911. The second-order valence-electron chi connectivity index (χ2n) is 6.16. The number of nitrogens with zero attached hydrogens (tertiary/aromatic N) is 2. The lowest BCUT2D eigenvalue weighted by atomic mass is 10.1. The zero-order valence-corrected chi connectivity index (χ0v) is 14.6. The van der Waals surface area contributed by atoms with Gasteiger partial charge < -0.3 is 10.1 Å². The smallest absolute Gasteiger partial charge is 0.333 e. The maximum absolute atomic E-state index is 12.9. The van der Waals surface area contributed by atoms with Crippen LogP contribution >= 0.6 is 11.3 Å². The fourth-order valence-corrected chi connectivity index (χ4v) is 3.89. The second-order valence-corrected chi connectivity index (χ2v) is 7.22. The van der Waals surface area contributed by atoms with E-state index in [0.717, 1.165) is 22.6 Å². The molecule has 6 nitrogen and oxygen atoms in total. The minimum Gasteiger partial charge on any atom is -0.467 e. The van der Waals surface area contributed by atoms with Gasteiger partial charge >= 0.3 is 5.97 Å². The van der Waals surface area contributed by atoms with Crippen LogP contribution in [0.3, 0.4) is 0 Å². The molecule has 124 valence electrons. The van der Waals surface area contributed by atoms with Crippen LogP contribution in [0.25, 0.3) is 10.1 Å². The Hall–Kier alpha value is -1.89. The molecule has 0 radical (unpaired) electrons. The van der Waals surface area contributed by atoms with Crippen LogP contribution in [-0.4, -0.2) is 29.4 Å². The summed E-state index contributed by atoms with van der Waals surface area (Å²) in [5.41, 5.74) is -0.275. The summed E-state index contributed by atoms with van der Waals surface area (Å²) >= 11 is 1.42. The zero-order chi connectivity index (χ0) is 16.8. The number of ether oxygens (including phenoxy) is 1. The van der Waals surface area contributed by atoms with Crippen LogP contribution < -0.4 is 10.9 Å². The first-order valence-electron chi connectivity index (χ1n) is 7.84. The first kappa shape index (κ1) is 16.0. The highest BCUT2D eigenvalue weighted by molar-refractivity contribution is 7.22. The van der Waals surface area contributed by atoms with Crippen LogP contribution in [-0.2, 0) is 15.1 Å². The monoisotopic (exact) mass is 335 g/mol. The summed E-state index contributed by atoms with van der Waals surface area (Å²) in [4.78, 5) is 25.0. The van der Waals surface area contributed by atoms with E-state index in [0.29, 0.717) is 17.5 Å². The number of methoxy groups -OCH3 is 1. The summed E-state index contributed by atoms with van der Waals surface area (Å²) < 4.78 is 6.91. The first-order valence-corrected chi connectivity index (χ1v) is 8.65. The predicted molar refractivity (Wildman–Crippen MR) is 91.4 cm³/mol. The van der Waals surface area contributed by atoms with Crippen molar-refractivity contribution in [3.63, 3.8) is 0 Å². The van der Waals surface area contributed by atoms with Crippen molar-refractivity contribution >= 4 is 32.4 Å². The Labute approximate surface area is 138 Å². The van der Waals surface area contributed by atoms with Crippen molar-refractivity contribution in [3.05, 3.63) is 22.1 Å². The van der Waals surface area contributed by atoms with E-state index in [1.165, 1.54) is 23.1 Å². The number of thiophene rings is 1. The lowest BCUT2D eigenvalue weighted by Crippen LogP contribution is -2.39. The fraction of sp³-hybridized carbons (Fsp3) is 0.562. The molecule has 1 aliphatic carbocycles. The number of fused-ring (bicyclic) bond motifs is 1. The molecule has 0 spiro atoms. The summed E-state index contributed by atoms with van der Waals surface area (Å²) in [7, 11) is 1.35. The number of esters is 1. The van der Waals surface area contributed by atoms with Gasteiger partial charge in [0.15, 0.2) is 5.54 Å². The van der Waals surface area contributed by atoms with Crippen molar-refractivity contribution in [2.45, 2.75) is 45.1 Å². The van der Waals surface area contributed by atoms with E-state index < -0.39 is 5.54 Å². The van der Waals surface area contributed by atoms with Gasteiger partial charge in [0.25, 0.3) is 5.56 Å². The van der Waals surface area contributed by atoms with E-state index in [4.69, 9.17) is 4.74 Å². The van der Waals surface area contributed by atoms with Gasteiger partial charge in [-0.2, -0.15) is 5.10 Å². The molecule has 0 bridgehead atoms. The quantitative estimate of drug-likeness (QED) is 0.851. The summed E-state index contributed by atoms with van der Waals surface area (Å²) in [5.74, 6) is -0.230. The molecule has 0 aromatic carbocycles. The molecule has 1 saturated carbocycles. The van der Waals surface area contributed by atoms with Crippen molar-refractivity contribution in [2.75, 3.05) is 19.0 Å². The molecule has 2 aromatic rings. The number of carbonyl (C=O) groups is 1. The molecule has 0 saturated heterocycles. The molecular formula is C16H21N3O3S. The maximum atomic E-state index is 12.9. The average Bonchev–Trinajstić information content (AvgIpc) is 3.21. The number of aromatic nitrogens is 2. The molecule has 7 heteroatoms. The van der Waals surface area contributed by atoms with E-state index in [-0.39, 0.29) is 17.4 Å². The molecule has 0 amide bonds. The molecule has 0 unspecified atom stereocenters. The lowest BCUT2D eigenvalue weighted by molar-refractivity contribution is -0.146. The van der Waals surface area contributed by atoms with Crippen LogP contribution in [0.1, 0.15) is 45.2 Å². The van der Waals surface area contributed by atoms with Gasteiger partial charge in [0.1, 0.15) is 4.70 Å². The molecule has 1 aliphatic rings. The van der Waals surface area contributed by atoms with E-state index in [1.807, 2.05) is 26.8 Å². The summed E-state index contributed by atoms with van der Waals surface area (Å²) in [6.07, 6.45) is 1.20. The Kier molecular flexibility index (Phi) is 3.91. The van der Waals surface area contributed by atoms with Crippen LogP contribution in [0.4, 0.5) is 5.00 Å². The minimum absolute atomic E-state index is 0.155. The van der Waals surface area contributed by atoms with Gasteiger partial charge in [0.2, 0.25) is 0 Å². The molecule has 0 atom stereocenters. The fourth-order valence-electron chi connectivity index (χ4n) is 2.83. The van der Waals surface area contributed by atoms with Crippen LogP contribution in [0.5, 0.6) is 0 Å². The van der Waals surface area contributed by atoms with Crippen molar-refractivity contribution in [1.82, 2.24) is 9.78 Å². The highest BCUT2D eigenvalue weighted by Crippen LogP contribution is 2.44. The Balaban J connectivity index is 2.26. The van der Waals surface area contributed by atoms with Crippen LogP contribution in [0.2, 0.25) is 0 Å². The highest BCUT2D eigenvalue weighted by Gasteiger charge is 2.55. The van der Waals surface area contributed by atoms with E-state index in [9.17, 15) is 9.59 Å². The molecule has 1 N–H and O–H groups in total. The zero-order valence-electron chi connectivity index (χ0n) is 13.8. The number of hydrogen-bond acceptors (Lipinski definition) is 6. The Bertz CT molecular complexity index is 818. The van der Waals surface area contributed by atoms with Gasteiger partial charge in [-0.15, -0.1) is 11.3 Å². The van der Waals surface area contributed by atoms with Crippen molar-refractivity contribution in [3.8, 4) is 0 Å². The van der Waals surface area contributed by atoms with Gasteiger partial charge in [-0.05, 0) is 31.7 Å². The third-order valence-electron chi connectivity index (χ3n) is 4.19. The van der Waals surface area contributed by atoms with Gasteiger partial charge in [-0.25, -0.2) is 9.48 Å². The Morgan fingerprint density at radius 3 is 2.74 bits per heavy atom. The molecule has 1 fully saturated rings. The van der Waals surface area contributed by atoms with E-state index in [1.54, 1.807) is 0 Å². The van der Waals surface area contributed by atoms with Crippen LogP contribution in [0.15, 0.2) is 10.9 Å². The average molecular weight is 335 g/mol.